The van der Waals surface area contributed by atoms with E-state index in [9.17, 15) is 9.59 Å². The molecule has 0 radical (unpaired) electrons. The number of carbonyl (C=O) groups is 2. The third-order valence-corrected chi connectivity index (χ3v) is 4.94. The van der Waals surface area contributed by atoms with Crippen LogP contribution in [0.15, 0.2) is 36.4 Å². The Bertz CT molecular complexity index is 599. The highest BCUT2D eigenvalue weighted by atomic mass is 16.2. The Balaban J connectivity index is 2.33. The largest absolute Gasteiger partial charge is 0.299 e. The Kier molecular flexibility index (Phi) is 2.53. The molecule has 4 atom stereocenters. The van der Waals surface area contributed by atoms with Crippen molar-refractivity contribution >= 4 is 11.6 Å². The van der Waals surface area contributed by atoms with E-state index in [4.69, 9.17) is 0 Å². The number of hydrogen-bond acceptors (Lipinski definition) is 2. The summed E-state index contributed by atoms with van der Waals surface area (Å²) >= 11 is 0. The van der Waals surface area contributed by atoms with Gasteiger partial charge >= 0.3 is 0 Å². The first-order valence-electron chi connectivity index (χ1n) is 6.84. The fourth-order valence-electron chi connectivity index (χ4n) is 4.08. The van der Waals surface area contributed by atoms with Gasteiger partial charge in [-0.2, -0.15) is 0 Å². The van der Waals surface area contributed by atoms with E-state index in [0.717, 1.165) is 11.1 Å². The van der Waals surface area contributed by atoms with Gasteiger partial charge in [0.25, 0.3) is 0 Å². The minimum atomic E-state index is -0.877. The number of hydrogen-bond donors (Lipinski definition) is 0. The predicted molar refractivity (Wildman–Crippen MR) is 74.1 cm³/mol. The summed E-state index contributed by atoms with van der Waals surface area (Å²) in [6.45, 7) is 5.65. The zero-order valence-electron chi connectivity index (χ0n) is 11.5. The monoisotopic (exact) mass is 254 g/mol. The molecule has 19 heavy (non-hydrogen) atoms. The quantitative estimate of drug-likeness (QED) is 0.568. The van der Waals surface area contributed by atoms with Gasteiger partial charge in [-0.25, -0.2) is 0 Å². The summed E-state index contributed by atoms with van der Waals surface area (Å²) in [6, 6.07) is 7.70. The Morgan fingerprint density at radius 1 is 1.16 bits per heavy atom. The van der Waals surface area contributed by atoms with Crippen molar-refractivity contribution in [2.45, 2.75) is 26.7 Å². The number of Topliss-reactive ketones (excluding diaryl/α,β-unsaturated/α-hetero) is 2. The Hall–Kier alpha value is -1.70. The summed E-state index contributed by atoms with van der Waals surface area (Å²) in [5.74, 6) is 0.194. The average Bonchev–Trinajstić information content (AvgIpc) is 2.67. The van der Waals surface area contributed by atoms with Gasteiger partial charge in [0.2, 0.25) is 0 Å². The van der Waals surface area contributed by atoms with E-state index in [1.54, 1.807) is 6.92 Å². The number of allylic oxidation sites excluding steroid dienone is 2. The molecule has 3 rings (SSSR count). The van der Waals surface area contributed by atoms with Crippen LogP contribution < -0.4 is 0 Å². The molecule has 0 unspecified atom stereocenters. The minimum absolute atomic E-state index is 0.00222. The number of fused-ring (bicyclic) bond motifs is 3. The lowest BCUT2D eigenvalue weighted by Crippen LogP contribution is -2.47. The van der Waals surface area contributed by atoms with Crippen molar-refractivity contribution in [1.82, 2.24) is 0 Å². The lowest BCUT2D eigenvalue weighted by Gasteiger charge is -2.41. The first-order valence-corrected chi connectivity index (χ1v) is 6.84. The maximum absolute atomic E-state index is 12.9. The molecule has 0 saturated carbocycles. The smallest absolute Gasteiger partial charge is 0.177 e. The second kappa shape index (κ2) is 3.89. The van der Waals surface area contributed by atoms with Crippen LogP contribution in [0.3, 0.4) is 0 Å². The van der Waals surface area contributed by atoms with Crippen LogP contribution >= 0.6 is 0 Å². The van der Waals surface area contributed by atoms with Crippen molar-refractivity contribution in [1.29, 1.82) is 0 Å². The fourth-order valence-corrected chi connectivity index (χ4v) is 4.08. The average molecular weight is 254 g/mol. The maximum atomic E-state index is 12.9. The molecule has 2 aliphatic rings. The fraction of sp³-hybridized carbons (Fsp3) is 0.412. The van der Waals surface area contributed by atoms with E-state index >= 15 is 0 Å². The molecular formula is C17H18O2. The van der Waals surface area contributed by atoms with Gasteiger partial charge in [-0.15, -0.1) is 0 Å². The van der Waals surface area contributed by atoms with Gasteiger partial charge in [0, 0.05) is 11.5 Å². The summed E-state index contributed by atoms with van der Waals surface area (Å²) < 4.78 is 0. The van der Waals surface area contributed by atoms with E-state index in [-0.39, 0.29) is 29.3 Å². The number of ketones is 2. The lowest BCUT2D eigenvalue weighted by atomic mass is 9.58. The van der Waals surface area contributed by atoms with Gasteiger partial charge < -0.3 is 0 Å². The second-order valence-corrected chi connectivity index (χ2v) is 5.85. The zero-order chi connectivity index (χ0) is 13.8. The molecule has 2 heteroatoms. The summed E-state index contributed by atoms with van der Waals surface area (Å²) in [5.41, 5.74) is 0.911. The van der Waals surface area contributed by atoms with Gasteiger partial charge in [-0.1, -0.05) is 50.3 Å². The molecule has 2 nitrogen and oxygen atoms in total. The van der Waals surface area contributed by atoms with E-state index in [1.165, 1.54) is 0 Å². The number of carbonyl (C=O) groups excluding carboxylic acids is 2. The van der Waals surface area contributed by atoms with Crippen molar-refractivity contribution in [2.24, 2.45) is 17.3 Å². The van der Waals surface area contributed by atoms with Gasteiger partial charge in [0.05, 0.1) is 0 Å². The van der Waals surface area contributed by atoms with E-state index in [2.05, 4.69) is 13.0 Å². The molecule has 1 aromatic carbocycles. The molecule has 98 valence electrons. The molecule has 0 aliphatic heterocycles. The second-order valence-electron chi connectivity index (χ2n) is 5.85. The van der Waals surface area contributed by atoms with Gasteiger partial charge in [0.1, 0.15) is 11.2 Å². The zero-order valence-corrected chi connectivity index (χ0v) is 11.5. The number of rotatable bonds is 1. The van der Waals surface area contributed by atoms with Crippen LogP contribution in [0.5, 0.6) is 0 Å². The standard InChI is InChI=1S/C17H18O2/c1-10-8-9-11(2)17(12(3)18)15(10)13-6-4-5-7-14(13)16(17)19/h4-11,15H,1-3H3/t10-,11+,15+,17-/m1/s1. The molecule has 2 aliphatic carbocycles. The van der Waals surface area contributed by atoms with Crippen LogP contribution in [0.1, 0.15) is 42.6 Å². The molecule has 0 heterocycles. The molecule has 0 fully saturated rings. The van der Waals surface area contributed by atoms with Gasteiger partial charge in [-0.3, -0.25) is 9.59 Å². The molecule has 0 saturated heterocycles. The van der Waals surface area contributed by atoms with Crippen molar-refractivity contribution in [3.63, 3.8) is 0 Å². The molecule has 0 amide bonds. The molecular weight excluding hydrogens is 236 g/mol. The maximum Gasteiger partial charge on any atom is 0.177 e. The van der Waals surface area contributed by atoms with Crippen LogP contribution in [0.4, 0.5) is 0 Å². The highest BCUT2D eigenvalue weighted by Gasteiger charge is 2.60. The Labute approximate surface area is 113 Å². The highest BCUT2D eigenvalue weighted by Crippen LogP contribution is 2.58. The van der Waals surface area contributed by atoms with Crippen molar-refractivity contribution in [3.05, 3.63) is 47.5 Å². The summed E-state index contributed by atoms with van der Waals surface area (Å²) in [5, 5.41) is 0. The van der Waals surface area contributed by atoms with E-state index < -0.39 is 5.41 Å². The topological polar surface area (TPSA) is 34.1 Å². The van der Waals surface area contributed by atoms with E-state index in [0.29, 0.717) is 0 Å². The molecule has 1 aromatic rings. The molecule has 0 bridgehead atoms. The van der Waals surface area contributed by atoms with Crippen molar-refractivity contribution < 1.29 is 9.59 Å². The van der Waals surface area contributed by atoms with Gasteiger partial charge in [0.15, 0.2) is 5.78 Å². The summed E-state index contributed by atoms with van der Waals surface area (Å²) in [4.78, 5) is 25.3. The van der Waals surface area contributed by atoms with Crippen molar-refractivity contribution in [3.8, 4) is 0 Å². The summed E-state index contributed by atoms with van der Waals surface area (Å²) in [7, 11) is 0. The first kappa shape index (κ1) is 12.3. The molecule has 0 N–H and O–H groups in total. The van der Waals surface area contributed by atoms with E-state index in [1.807, 2.05) is 37.3 Å². The SMILES string of the molecule is CC(=O)[C@@]12C(=O)c3ccccc3[C@@H]1[C@H](C)C=C[C@@H]2C. The van der Waals surface area contributed by atoms with Crippen molar-refractivity contribution in [2.75, 3.05) is 0 Å². The third kappa shape index (κ3) is 1.32. The van der Waals surface area contributed by atoms with Crippen LogP contribution in [0.25, 0.3) is 0 Å². The number of benzene rings is 1. The highest BCUT2D eigenvalue weighted by molar-refractivity contribution is 6.19. The minimum Gasteiger partial charge on any atom is -0.299 e. The molecule has 0 aromatic heterocycles. The van der Waals surface area contributed by atoms with Crippen LogP contribution in [-0.4, -0.2) is 11.6 Å². The van der Waals surface area contributed by atoms with Gasteiger partial charge in [-0.05, 0) is 24.3 Å². The Morgan fingerprint density at radius 2 is 1.84 bits per heavy atom. The van der Waals surface area contributed by atoms with Crippen LogP contribution in [-0.2, 0) is 4.79 Å². The van der Waals surface area contributed by atoms with Crippen LogP contribution in [0, 0.1) is 17.3 Å². The van der Waals surface area contributed by atoms with Crippen LogP contribution in [0.2, 0.25) is 0 Å². The third-order valence-electron chi connectivity index (χ3n) is 4.94. The normalized spacial score (nSPS) is 35.9. The molecule has 0 spiro atoms. The predicted octanol–water partition coefficient (Wildman–Crippen LogP) is 3.38. The lowest BCUT2D eigenvalue weighted by molar-refractivity contribution is -0.127. The summed E-state index contributed by atoms with van der Waals surface area (Å²) in [6.07, 6.45) is 4.18. The first-order chi connectivity index (χ1) is 9.01. The Morgan fingerprint density at radius 3 is 2.53 bits per heavy atom.